The summed E-state index contributed by atoms with van der Waals surface area (Å²) in [7, 11) is 2.10. The topological polar surface area (TPSA) is 16.1 Å². The zero-order valence-corrected chi connectivity index (χ0v) is 12.7. The number of pyridine rings is 1. The lowest BCUT2D eigenvalue weighted by atomic mass is 10.1. The monoisotopic (exact) mass is 296 g/mol. The van der Waals surface area contributed by atoms with Crippen LogP contribution in [0.15, 0.2) is 60.8 Å². The molecule has 0 saturated carbocycles. The van der Waals surface area contributed by atoms with E-state index in [1.54, 1.807) is 0 Å². The molecule has 0 N–H and O–H groups in total. The summed E-state index contributed by atoms with van der Waals surface area (Å²) in [5.41, 5.74) is 3.46. The number of rotatable bonds is 4. The molecule has 0 amide bonds. The van der Waals surface area contributed by atoms with Crippen LogP contribution in [0.1, 0.15) is 11.1 Å². The predicted octanol–water partition coefficient (Wildman–Crippen LogP) is 4.52. The third kappa shape index (κ3) is 3.23. The molecule has 3 aromatic rings. The highest BCUT2D eigenvalue weighted by Crippen LogP contribution is 2.20. The molecule has 0 aliphatic carbocycles. The van der Waals surface area contributed by atoms with E-state index in [1.165, 1.54) is 10.9 Å². The van der Waals surface area contributed by atoms with E-state index in [1.807, 2.05) is 30.5 Å². The summed E-state index contributed by atoms with van der Waals surface area (Å²) in [6.07, 6.45) is 1.85. The Morgan fingerprint density at radius 1 is 0.905 bits per heavy atom. The fourth-order valence-corrected chi connectivity index (χ4v) is 2.75. The highest BCUT2D eigenvalue weighted by atomic mass is 35.5. The van der Waals surface area contributed by atoms with Crippen molar-refractivity contribution in [2.45, 2.75) is 13.1 Å². The summed E-state index contributed by atoms with van der Waals surface area (Å²) >= 11 is 6.23. The maximum atomic E-state index is 6.23. The number of hydrogen-bond donors (Lipinski definition) is 0. The van der Waals surface area contributed by atoms with E-state index in [0.717, 1.165) is 29.2 Å². The molecular formula is C18H17ClN2. The second kappa shape index (κ2) is 6.25. The Hall–Kier alpha value is -1.90. The number of nitrogens with zero attached hydrogens (tertiary/aromatic N) is 2. The van der Waals surface area contributed by atoms with Crippen molar-refractivity contribution in [1.82, 2.24) is 9.88 Å². The predicted molar refractivity (Wildman–Crippen MR) is 88.4 cm³/mol. The Balaban J connectivity index is 1.81. The molecule has 0 unspecified atom stereocenters. The van der Waals surface area contributed by atoms with Crippen LogP contribution >= 0.6 is 11.6 Å². The minimum atomic E-state index is 0.820. The lowest BCUT2D eigenvalue weighted by Crippen LogP contribution is -2.17. The van der Waals surface area contributed by atoms with Crippen molar-refractivity contribution in [3.63, 3.8) is 0 Å². The van der Waals surface area contributed by atoms with Crippen LogP contribution in [0.4, 0.5) is 0 Å². The third-order valence-corrected chi connectivity index (χ3v) is 3.92. The number of benzene rings is 2. The third-order valence-electron chi connectivity index (χ3n) is 3.55. The van der Waals surface area contributed by atoms with Crippen LogP contribution < -0.4 is 0 Å². The summed E-state index contributed by atoms with van der Waals surface area (Å²) < 4.78 is 0. The standard InChI is InChI=1S/C18H17ClN2/c1-21(12-15-6-2-3-10-17(15)19)13-16-8-4-7-14-9-5-11-20-18(14)16/h2-11H,12-13H2,1H3. The highest BCUT2D eigenvalue weighted by molar-refractivity contribution is 6.31. The molecule has 0 radical (unpaired) electrons. The molecule has 3 heteroatoms. The van der Waals surface area contributed by atoms with Gasteiger partial charge in [-0.1, -0.05) is 54.1 Å². The second-order valence-electron chi connectivity index (χ2n) is 5.26. The second-order valence-corrected chi connectivity index (χ2v) is 5.66. The number of fused-ring (bicyclic) bond motifs is 1. The van der Waals surface area contributed by atoms with Gasteiger partial charge in [0.25, 0.3) is 0 Å². The van der Waals surface area contributed by atoms with Crippen LogP contribution in [0.3, 0.4) is 0 Å². The van der Waals surface area contributed by atoms with E-state index in [2.05, 4.69) is 47.3 Å². The maximum Gasteiger partial charge on any atom is 0.0746 e. The first-order valence-electron chi connectivity index (χ1n) is 6.98. The van der Waals surface area contributed by atoms with Gasteiger partial charge in [-0.15, -0.1) is 0 Å². The molecule has 0 aliphatic heterocycles. The van der Waals surface area contributed by atoms with Crippen LogP contribution in [0.2, 0.25) is 5.02 Å². The van der Waals surface area contributed by atoms with Gasteiger partial charge in [-0.3, -0.25) is 9.88 Å². The van der Waals surface area contributed by atoms with Crippen molar-refractivity contribution >= 4 is 22.5 Å². The van der Waals surface area contributed by atoms with Crippen LogP contribution in [0, 0.1) is 0 Å². The van der Waals surface area contributed by atoms with E-state index < -0.39 is 0 Å². The van der Waals surface area contributed by atoms with E-state index in [4.69, 9.17) is 11.6 Å². The van der Waals surface area contributed by atoms with Crippen molar-refractivity contribution in [2.75, 3.05) is 7.05 Å². The largest absolute Gasteiger partial charge is 0.298 e. The van der Waals surface area contributed by atoms with Gasteiger partial charge in [0, 0.05) is 29.7 Å². The molecule has 106 valence electrons. The molecule has 1 heterocycles. The molecule has 0 spiro atoms. The van der Waals surface area contributed by atoms with Gasteiger partial charge in [-0.2, -0.15) is 0 Å². The van der Waals surface area contributed by atoms with Crippen molar-refractivity contribution in [1.29, 1.82) is 0 Å². The van der Waals surface area contributed by atoms with Gasteiger partial charge >= 0.3 is 0 Å². The van der Waals surface area contributed by atoms with Gasteiger partial charge in [0.2, 0.25) is 0 Å². The minimum absolute atomic E-state index is 0.820. The zero-order valence-electron chi connectivity index (χ0n) is 12.0. The summed E-state index contributed by atoms with van der Waals surface area (Å²) in [5, 5.41) is 2.00. The van der Waals surface area contributed by atoms with E-state index >= 15 is 0 Å². The molecule has 1 aromatic heterocycles. The molecule has 0 saturated heterocycles. The van der Waals surface area contributed by atoms with Gasteiger partial charge in [0.1, 0.15) is 0 Å². The Morgan fingerprint density at radius 2 is 1.62 bits per heavy atom. The van der Waals surface area contributed by atoms with Gasteiger partial charge in [0.15, 0.2) is 0 Å². The van der Waals surface area contributed by atoms with Crippen molar-refractivity contribution in [3.05, 3.63) is 76.9 Å². The minimum Gasteiger partial charge on any atom is -0.298 e. The Kier molecular flexibility index (Phi) is 4.18. The molecule has 0 fully saturated rings. The van der Waals surface area contributed by atoms with Crippen molar-refractivity contribution in [3.8, 4) is 0 Å². The van der Waals surface area contributed by atoms with Crippen molar-refractivity contribution < 1.29 is 0 Å². The SMILES string of the molecule is CN(Cc1ccccc1Cl)Cc1cccc2cccnc12. The number of aromatic nitrogens is 1. The smallest absolute Gasteiger partial charge is 0.0746 e. The molecule has 0 bridgehead atoms. The first-order chi connectivity index (χ1) is 10.2. The number of halogens is 1. The number of para-hydroxylation sites is 1. The fourth-order valence-electron chi connectivity index (χ4n) is 2.56. The zero-order chi connectivity index (χ0) is 14.7. The molecule has 21 heavy (non-hydrogen) atoms. The first kappa shape index (κ1) is 14.1. The Morgan fingerprint density at radius 3 is 2.48 bits per heavy atom. The maximum absolute atomic E-state index is 6.23. The summed E-state index contributed by atoms with van der Waals surface area (Å²) in [6, 6.07) is 18.4. The normalized spacial score (nSPS) is 11.2. The fraction of sp³-hybridized carbons (Fsp3) is 0.167. The summed E-state index contributed by atoms with van der Waals surface area (Å²) in [5.74, 6) is 0. The van der Waals surface area contributed by atoms with E-state index in [9.17, 15) is 0 Å². The van der Waals surface area contributed by atoms with Crippen LogP contribution in [0.5, 0.6) is 0 Å². The summed E-state index contributed by atoms with van der Waals surface area (Å²) in [6.45, 7) is 1.67. The number of hydrogen-bond acceptors (Lipinski definition) is 2. The average molecular weight is 297 g/mol. The van der Waals surface area contributed by atoms with Crippen LogP contribution in [-0.2, 0) is 13.1 Å². The van der Waals surface area contributed by atoms with Crippen LogP contribution in [-0.4, -0.2) is 16.9 Å². The van der Waals surface area contributed by atoms with Gasteiger partial charge < -0.3 is 0 Å². The lowest BCUT2D eigenvalue weighted by Gasteiger charge is -2.18. The van der Waals surface area contributed by atoms with Gasteiger partial charge in [-0.25, -0.2) is 0 Å². The molecular weight excluding hydrogens is 280 g/mol. The molecule has 3 rings (SSSR count). The van der Waals surface area contributed by atoms with Crippen molar-refractivity contribution in [2.24, 2.45) is 0 Å². The quantitative estimate of drug-likeness (QED) is 0.703. The summed E-state index contributed by atoms with van der Waals surface area (Å²) in [4.78, 5) is 6.76. The van der Waals surface area contributed by atoms with E-state index in [-0.39, 0.29) is 0 Å². The Labute approximate surface area is 130 Å². The molecule has 0 aliphatic rings. The van der Waals surface area contributed by atoms with Gasteiger partial charge in [0.05, 0.1) is 5.52 Å². The van der Waals surface area contributed by atoms with E-state index in [0.29, 0.717) is 0 Å². The molecule has 0 atom stereocenters. The van der Waals surface area contributed by atoms with Crippen LogP contribution in [0.25, 0.3) is 10.9 Å². The lowest BCUT2D eigenvalue weighted by molar-refractivity contribution is 0.320. The Bertz CT molecular complexity index is 750. The highest BCUT2D eigenvalue weighted by Gasteiger charge is 2.07. The first-order valence-corrected chi connectivity index (χ1v) is 7.36. The molecule has 2 aromatic carbocycles. The van der Waals surface area contributed by atoms with Gasteiger partial charge in [-0.05, 0) is 30.3 Å². The average Bonchev–Trinajstić information content (AvgIpc) is 2.50. The molecule has 2 nitrogen and oxygen atoms in total.